The number of thioether (sulfide) groups is 1. The molecule has 2 saturated heterocycles. The van der Waals surface area contributed by atoms with E-state index in [0.717, 1.165) is 55.2 Å². The number of aromatic nitrogens is 2. The molecular formula is C31H39N7O2S. The number of fused-ring (bicyclic) bond motifs is 2. The van der Waals surface area contributed by atoms with Gasteiger partial charge < -0.3 is 24.3 Å². The Bertz CT molecular complexity index is 1340. The molecule has 4 aliphatic heterocycles. The number of hydrogen-bond donors (Lipinski definition) is 0. The number of carbonyl (C=O) groups is 1. The van der Waals surface area contributed by atoms with Crippen molar-refractivity contribution in [3.8, 4) is 12.1 Å². The van der Waals surface area contributed by atoms with Crippen molar-refractivity contribution in [2.45, 2.75) is 56.5 Å². The zero-order valence-corrected chi connectivity index (χ0v) is 24.7. The molecule has 10 heteroatoms. The van der Waals surface area contributed by atoms with Gasteiger partial charge in [-0.05, 0) is 68.3 Å². The Morgan fingerprint density at radius 2 is 2.07 bits per heavy atom. The van der Waals surface area contributed by atoms with Gasteiger partial charge in [0.2, 0.25) is 5.91 Å². The molecule has 0 spiro atoms. The second-order valence-corrected chi connectivity index (χ2v) is 12.5. The number of likely N-dealkylation sites (tertiary alicyclic amines) is 1. The standard InChI is InChI=1S/C31H39N7O2S/c1-3-29(39)38-16-15-37(18-23(38)9-12-32)30-26-10-14-36(28-8-4-6-22-21-41-17-11-25(22)28)19-27(26)33-31(34-30)40-20-24-7-5-13-35(24)2/h3-4,6,8,23-24H,1,5,7,9-11,13-21H2,2H3/t23-,24-/m0/s1. The van der Waals surface area contributed by atoms with Gasteiger partial charge in [0, 0.05) is 49.2 Å². The Kier molecular flexibility index (Phi) is 8.35. The van der Waals surface area contributed by atoms with Gasteiger partial charge in [0.15, 0.2) is 0 Å². The van der Waals surface area contributed by atoms with Gasteiger partial charge in [-0.25, -0.2) is 0 Å². The van der Waals surface area contributed by atoms with Gasteiger partial charge in [0.05, 0.1) is 30.8 Å². The highest BCUT2D eigenvalue weighted by molar-refractivity contribution is 7.98. The normalized spacial score (nSPS) is 22.6. The molecule has 4 aliphatic rings. The minimum Gasteiger partial charge on any atom is -0.462 e. The fourth-order valence-electron chi connectivity index (χ4n) is 6.71. The van der Waals surface area contributed by atoms with E-state index in [0.29, 0.717) is 44.8 Å². The van der Waals surface area contributed by atoms with Crippen LogP contribution < -0.4 is 14.5 Å². The van der Waals surface area contributed by atoms with Crippen molar-refractivity contribution in [2.75, 3.05) is 61.9 Å². The van der Waals surface area contributed by atoms with Crippen LogP contribution in [0.3, 0.4) is 0 Å². The molecule has 1 aromatic heterocycles. The highest BCUT2D eigenvalue weighted by atomic mass is 32.2. The molecule has 0 radical (unpaired) electrons. The van der Waals surface area contributed by atoms with Crippen molar-refractivity contribution in [1.29, 1.82) is 5.26 Å². The van der Waals surface area contributed by atoms with Gasteiger partial charge in [-0.3, -0.25) is 4.79 Å². The van der Waals surface area contributed by atoms with E-state index in [1.165, 1.54) is 35.1 Å². The van der Waals surface area contributed by atoms with Crippen molar-refractivity contribution >= 4 is 29.2 Å². The molecule has 0 N–H and O–H groups in total. The number of piperazine rings is 1. The fourth-order valence-corrected chi connectivity index (χ4v) is 7.70. The summed E-state index contributed by atoms with van der Waals surface area (Å²) in [5, 5.41) is 9.51. The summed E-state index contributed by atoms with van der Waals surface area (Å²) in [6, 6.07) is 9.57. The van der Waals surface area contributed by atoms with Crippen molar-refractivity contribution in [3.05, 3.63) is 53.2 Å². The summed E-state index contributed by atoms with van der Waals surface area (Å²) >= 11 is 2.01. The Morgan fingerprint density at radius 1 is 1.17 bits per heavy atom. The third-order valence-electron chi connectivity index (χ3n) is 9.01. The molecule has 6 rings (SSSR count). The molecule has 0 bridgehead atoms. The van der Waals surface area contributed by atoms with Crippen LogP contribution in [-0.2, 0) is 29.9 Å². The molecule has 0 saturated carbocycles. The third kappa shape index (κ3) is 5.75. The average Bonchev–Trinajstić information content (AvgIpc) is 3.43. The van der Waals surface area contributed by atoms with Crippen LogP contribution in [0.2, 0.25) is 0 Å². The maximum Gasteiger partial charge on any atom is 0.318 e. The van der Waals surface area contributed by atoms with Gasteiger partial charge in [-0.2, -0.15) is 27.0 Å². The number of carbonyl (C=O) groups excluding carboxylic acids is 1. The summed E-state index contributed by atoms with van der Waals surface area (Å²) in [4.78, 5) is 31.3. The molecule has 1 aromatic carbocycles. The van der Waals surface area contributed by atoms with E-state index < -0.39 is 0 Å². The van der Waals surface area contributed by atoms with E-state index in [-0.39, 0.29) is 18.4 Å². The summed E-state index contributed by atoms with van der Waals surface area (Å²) in [6.07, 6.45) is 5.85. The predicted molar refractivity (Wildman–Crippen MR) is 162 cm³/mol. The monoisotopic (exact) mass is 573 g/mol. The van der Waals surface area contributed by atoms with E-state index in [1.54, 1.807) is 4.90 Å². The maximum absolute atomic E-state index is 12.5. The lowest BCUT2D eigenvalue weighted by molar-refractivity contribution is -0.128. The van der Waals surface area contributed by atoms with Gasteiger partial charge in [0.25, 0.3) is 0 Å². The van der Waals surface area contributed by atoms with Crippen molar-refractivity contribution in [2.24, 2.45) is 0 Å². The number of ether oxygens (including phenoxy) is 1. The Hall–Kier alpha value is -3.29. The lowest BCUT2D eigenvalue weighted by atomic mass is 9.99. The van der Waals surface area contributed by atoms with Crippen LogP contribution in [0.25, 0.3) is 0 Å². The zero-order valence-electron chi connectivity index (χ0n) is 23.9. The van der Waals surface area contributed by atoms with Crippen LogP contribution in [0.4, 0.5) is 11.5 Å². The Morgan fingerprint density at radius 3 is 2.88 bits per heavy atom. The van der Waals surface area contributed by atoms with Crippen LogP contribution in [-0.4, -0.2) is 89.9 Å². The number of amides is 1. The number of likely N-dealkylation sites (N-methyl/N-ethyl adjacent to an activating group) is 1. The van der Waals surface area contributed by atoms with Crippen LogP contribution >= 0.6 is 11.8 Å². The number of anilines is 2. The maximum atomic E-state index is 12.5. The van der Waals surface area contributed by atoms with Crippen molar-refractivity contribution in [1.82, 2.24) is 19.8 Å². The van der Waals surface area contributed by atoms with E-state index in [9.17, 15) is 10.1 Å². The predicted octanol–water partition coefficient (Wildman–Crippen LogP) is 3.42. The summed E-state index contributed by atoms with van der Waals surface area (Å²) in [5.41, 5.74) is 6.43. The second-order valence-electron chi connectivity index (χ2n) is 11.4. The van der Waals surface area contributed by atoms with Crippen molar-refractivity contribution in [3.63, 3.8) is 0 Å². The summed E-state index contributed by atoms with van der Waals surface area (Å²) < 4.78 is 6.30. The SMILES string of the molecule is C=CC(=O)N1CCN(c2nc(OC[C@@H]3CCCN3C)nc3c2CCN(c2cccc4c2CCSC4)C3)C[C@@H]1CC#N. The Labute approximate surface area is 247 Å². The van der Waals surface area contributed by atoms with Gasteiger partial charge in [-0.15, -0.1) is 0 Å². The molecule has 5 heterocycles. The summed E-state index contributed by atoms with van der Waals surface area (Å²) in [5.74, 6) is 3.01. The molecule has 2 aromatic rings. The van der Waals surface area contributed by atoms with Crippen LogP contribution in [0.15, 0.2) is 30.9 Å². The van der Waals surface area contributed by atoms with E-state index >= 15 is 0 Å². The van der Waals surface area contributed by atoms with Crippen molar-refractivity contribution < 1.29 is 9.53 Å². The number of rotatable bonds is 7. The molecule has 0 aliphatic carbocycles. The molecule has 0 unspecified atom stereocenters. The zero-order chi connectivity index (χ0) is 28.3. The molecule has 1 amide bonds. The third-order valence-corrected chi connectivity index (χ3v) is 10.0. The first-order valence-electron chi connectivity index (χ1n) is 14.8. The fraction of sp³-hybridized carbons (Fsp3) is 0.548. The highest BCUT2D eigenvalue weighted by Crippen LogP contribution is 2.36. The molecule has 2 fully saturated rings. The highest BCUT2D eigenvalue weighted by Gasteiger charge is 2.34. The van der Waals surface area contributed by atoms with Gasteiger partial charge in [0.1, 0.15) is 12.4 Å². The molecule has 2 atom stereocenters. The summed E-state index contributed by atoms with van der Waals surface area (Å²) in [7, 11) is 2.15. The minimum absolute atomic E-state index is 0.125. The lowest BCUT2D eigenvalue weighted by Gasteiger charge is -2.42. The van der Waals surface area contributed by atoms with Crippen LogP contribution in [0.1, 0.15) is 41.6 Å². The van der Waals surface area contributed by atoms with Crippen LogP contribution in [0.5, 0.6) is 6.01 Å². The average molecular weight is 574 g/mol. The number of benzene rings is 1. The molecule has 9 nitrogen and oxygen atoms in total. The number of nitriles is 1. The van der Waals surface area contributed by atoms with E-state index in [2.05, 4.69) is 52.6 Å². The van der Waals surface area contributed by atoms with E-state index in [1.807, 2.05) is 11.8 Å². The number of hydrogen-bond acceptors (Lipinski definition) is 9. The first kappa shape index (κ1) is 27.9. The van der Waals surface area contributed by atoms with Gasteiger partial charge >= 0.3 is 6.01 Å². The first-order chi connectivity index (χ1) is 20.1. The van der Waals surface area contributed by atoms with Crippen LogP contribution in [0, 0.1) is 11.3 Å². The van der Waals surface area contributed by atoms with Gasteiger partial charge in [-0.1, -0.05) is 18.7 Å². The lowest BCUT2D eigenvalue weighted by Crippen LogP contribution is -2.55. The quantitative estimate of drug-likeness (QED) is 0.463. The van der Waals surface area contributed by atoms with E-state index in [4.69, 9.17) is 14.7 Å². The smallest absolute Gasteiger partial charge is 0.318 e. The summed E-state index contributed by atoms with van der Waals surface area (Å²) in [6.45, 7) is 8.65. The topological polar surface area (TPSA) is 88.8 Å². The largest absolute Gasteiger partial charge is 0.462 e. The molecule has 216 valence electrons. The molecular weight excluding hydrogens is 534 g/mol. The minimum atomic E-state index is -0.213. The molecule has 41 heavy (non-hydrogen) atoms. The number of nitrogens with zero attached hydrogens (tertiary/aromatic N) is 7. The second kappa shape index (κ2) is 12.3. The Balaban J connectivity index is 1.31. The first-order valence-corrected chi connectivity index (χ1v) is 15.9.